The lowest BCUT2D eigenvalue weighted by molar-refractivity contribution is -0.0602. The van der Waals surface area contributed by atoms with Crippen molar-refractivity contribution in [3.05, 3.63) is 59.8 Å². The van der Waals surface area contributed by atoms with E-state index in [1.165, 1.54) is 12.0 Å². The first-order valence-corrected chi connectivity index (χ1v) is 8.33. The maximum absolute atomic E-state index is 5.99. The third-order valence-electron chi connectivity index (χ3n) is 4.50. The first-order chi connectivity index (χ1) is 11.2. The first-order valence-electron chi connectivity index (χ1n) is 8.33. The van der Waals surface area contributed by atoms with E-state index in [9.17, 15) is 0 Å². The van der Waals surface area contributed by atoms with Gasteiger partial charge in [0.1, 0.15) is 5.82 Å². The molecule has 3 rings (SSSR count). The average molecular weight is 311 g/mol. The van der Waals surface area contributed by atoms with Crippen LogP contribution in [0.4, 0.5) is 5.82 Å². The number of hydrogen-bond donors (Lipinski definition) is 1. The zero-order valence-corrected chi connectivity index (χ0v) is 13.7. The standard InChI is InChI=1S/C19H25N3O/c1-15-14-23-18(17-9-10-19(20)21-12-17)13-22(15)11-5-8-16-6-3-2-4-7-16/h2-4,6-7,9-10,12,15,18H,5,8,11,13-14H2,1H3,(H2,20,21). The summed E-state index contributed by atoms with van der Waals surface area (Å²) < 4.78 is 5.99. The number of rotatable bonds is 5. The van der Waals surface area contributed by atoms with E-state index in [0.717, 1.165) is 31.7 Å². The lowest BCUT2D eigenvalue weighted by atomic mass is 10.1. The molecule has 0 amide bonds. The van der Waals surface area contributed by atoms with Gasteiger partial charge in [-0.3, -0.25) is 4.90 Å². The summed E-state index contributed by atoms with van der Waals surface area (Å²) in [6.45, 7) is 5.01. The lowest BCUT2D eigenvalue weighted by Crippen LogP contribution is -2.45. The van der Waals surface area contributed by atoms with E-state index in [1.807, 2.05) is 18.3 Å². The molecular weight excluding hydrogens is 286 g/mol. The largest absolute Gasteiger partial charge is 0.384 e. The molecule has 2 unspecified atom stereocenters. The van der Waals surface area contributed by atoms with Crippen LogP contribution in [0.25, 0.3) is 0 Å². The van der Waals surface area contributed by atoms with Crippen molar-refractivity contribution in [1.29, 1.82) is 0 Å². The number of nitrogens with zero attached hydrogens (tertiary/aromatic N) is 2. The Bertz CT molecular complexity index is 600. The van der Waals surface area contributed by atoms with Gasteiger partial charge in [-0.1, -0.05) is 36.4 Å². The van der Waals surface area contributed by atoms with Crippen LogP contribution in [0.2, 0.25) is 0 Å². The fourth-order valence-electron chi connectivity index (χ4n) is 3.06. The van der Waals surface area contributed by atoms with Gasteiger partial charge in [0.2, 0.25) is 0 Å². The van der Waals surface area contributed by atoms with Gasteiger partial charge in [0, 0.05) is 24.3 Å². The monoisotopic (exact) mass is 311 g/mol. The van der Waals surface area contributed by atoms with Gasteiger partial charge in [-0.2, -0.15) is 0 Å². The molecule has 0 aliphatic carbocycles. The number of aryl methyl sites for hydroxylation is 1. The van der Waals surface area contributed by atoms with E-state index in [2.05, 4.69) is 47.1 Å². The number of hydrogen-bond acceptors (Lipinski definition) is 4. The number of nitrogen functional groups attached to an aromatic ring is 1. The first kappa shape index (κ1) is 16.0. The number of morpholine rings is 1. The summed E-state index contributed by atoms with van der Waals surface area (Å²) in [4.78, 5) is 6.70. The predicted molar refractivity (Wildman–Crippen MR) is 93.1 cm³/mol. The van der Waals surface area contributed by atoms with Crippen LogP contribution in [-0.2, 0) is 11.2 Å². The van der Waals surface area contributed by atoms with Gasteiger partial charge in [-0.15, -0.1) is 0 Å². The molecule has 1 fully saturated rings. The zero-order chi connectivity index (χ0) is 16.1. The number of anilines is 1. The normalized spacial score (nSPS) is 22.1. The van der Waals surface area contributed by atoms with Crippen molar-refractivity contribution in [2.75, 3.05) is 25.4 Å². The van der Waals surface area contributed by atoms with Crippen LogP contribution < -0.4 is 5.73 Å². The highest BCUT2D eigenvalue weighted by Crippen LogP contribution is 2.25. The minimum atomic E-state index is 0.0935. The molecule has 1 aromatic heterocycles. The van der Waals surface area contributed by atoms with E-state index < -0.39 is 0 Å². The number of pyridine rings is 1. The molecule has 2 atom stereocenters. The van der Waals surface area contributed by atoms with Crippen molar-refractivity contribution in [2.24, 2.45) is 0 Å². The summed E-state index contributed by atoms with van der Waals surface area (Å²) in [5, 5.41) is 0. The Balaban J connectivity index is 1.54. The van der Waals surface area contributed by atoms with Crippen LogP contribution in [0.3, 0.4) is 0 Å². The predicted octanol–water partition coefficient (Wildman–Crippen LogP) is 3.06. The van der Waals surface area contributed by atoms with E-state index in [4.69, 9.17) is 10.5 Å². The van der Waals surface area contributed by atoms with Gasteiger partial charge in [-0.25, -0.2) is 4.98 Å². The molecule has 2 N–H and O–H groups in total. The number of benzene rings is 1. The molecule has 2 heterocycles. The number of aromatic nitrogens is 1. The Morgan fingerprint density at radius 2 is 2.04 bits per heavy atom. The quantitative estimate of drug-likeness (QED) is 0.922. The SMILES string of the molecule is CC1COC(c2ccc(N)nc2)CN1CCCc1ccccc1. The summed E-state index contributed by atoms with van der Waals surface area (Å²) in [5.74, 6) is 0.553. The third kappa shape index (κ3) is 4.30. The van der Waals surface area contributed by atoms with Gasteiger partial charge in [-0.05, 0) is 37.9 Å². The Labute approximate surface area is 138 Å². The molecule has 4 nitrogen and oxygen atoms in total. The van der Waals surface area contributed by atoms with E-state index in [0.29, 0.717) is 11.9 Å². The molecule has 23 heavy (non-hydrogen) atoms. The molecule has 122 valence electrons. The Hall–Kier alpha value is -1.91. The third-order valence-corrected chi connectivity index (χ3v) is 4.50. The summed E-state index contributed by atoms with van der Waals surface area (Å²) in [7, 11) is 0. The Kier molecular flexibility index (Phi) is 5.26. The fourth-order valence-corrected chi connectivity index (χ4v) is 3.06. The molecule has 1 aliphatic heterocycles. The Morgan fingerprint density at radius 3 is 2.78 bits per heavy atom. The van der Waals surface area contributed by atoms with Crippen molar-refractivity contribution in [2.45, 2.75) is 31.9 Å². The minimum Gasteiger partial charge on any atom is -0.384 e. The fraction of sp³-hybridized carbons (Fsp3) is 0.421. The molecule has 0 saturated carbocycles. The topological polar surface area (TPSA) is 51.4 Å². The summed E-state index contributed by atoms with van der Waals surface area (Å²) >= 11 is 0. The van der Waals surface area contributed by atoms with Gasteiger partial charge >= 0.3 is 0 Å². The molecular formula is C19H25N3O. The zero-order valence-electron chi connectivity index (χ0n) is 13.7. The van der Waals surface area contributed by atoms with Gasteiger partial charge < -0.3 is 10.5 Å². The molecule has 0 bridgehead atoms. The molecule has 1 aliphatic rings. The number of ether oxygens (including phenoxy) is 1. The van der Waals surface area contributed by atoms with Crippen molar-refractivity contribution in [3.8, 4) is 0 Å². The number of nitrogens with two attached hydrogens (primary N) is 1. The van der Waals surface area contributed by atoms with Crippen LogP contribution in [0.1, 0.15) is 30.6 Å². The summed E-state index contributed by atoms with van der Waals surface area (Å²) in [6, 6.07) is 15.0. The van der Waals surface area contributed by atoms with Crippen molar-refractivity contribution >= 4 is 5.82 Å². The molecule has 0 radical (unpaired) electrons. The molecule has 4 heteroatoms. The summed E-state index contributed by atoms with van der Waals surface area (Å²) in [6.07, 6.45) is 4.22. The smallest absolute Gasteiger partial charge is 0.123 e. The second-order valence-electron chi connectivity index (χ2n) is 6.27. The highest BCUT2D eigenvalue weighted by Gasteiger charge is 2.26. The lowest BCUT2D eigenvalue weighted by Gasteiger charge is -2.38. The molecule has 2 aromatic rings. The second-order valence-corrected chi connectivity index (χ2v) is 6.27. The van der Waals surface area contributed by atoms with Crippen LogP contribution in [0, 0.1) is 0 Å². The van der Waals surface area contributed by atoms with E-state index >= 15 is 0 Å². The highest BCUT2D eigenvalue weighted by atomic mass is 16.5. The van der Waals surface area contributed by atoms with Crippen molar-refractivity contribution < 1.29 is 4.74 Å². The van der Waals surface area contributed by atoms with Gasteiger partial charge in [0.15, 0.2) is 0 Å². The van der Waals surface area contributed by atoms with Crippen molar-refractivity contribution in [3.63, 3.8) is 0 Å². The van der Waals surface area contributed by atoms with Crippen LogP contribution in [0.5, 0.6) is 0 Å². The maximum Gasteiger partial charge on any atom is 0.123 e. The van der Waals surface area contributed by atoms with Gasteiger partial charge in [0.05, 0.1) is 12.7 Å². The Morgan fingerprint density at radius 1 is 1.22 bits per heavy atom. The van der Waals surface area contributed by atoms with E-state index in [1.54, 1.807) is 0 Å². The highest BCUT2D eigenvalue weighted by molar-refractivity contribution is 5.30. The van der Waals surface area contributed by atoms with Crippen LogP contribution in [-0.4, -0.2) is 35.6 Å². The van der Waals surface area contributed by atoms with Crippen LogP contribution in [0.15, 0.2) is 48.7 Å². The van der Waals surface area contributed by atoms with Crippen molar-refractivity contribution in [1.82, 2.24) is 9.88 Å². The molecule has 1 saturated heterocycles. The summed E-state index contributed by atoms with van der Waals surface area (Å²) in [5.41, 5.74) is 8.18. The van der Waals surface area contributed by atoms with Crippen LogP contribution >= 0.6 is 0 Å². The minimum absolute atomic E-state index is 0.0935. The molecule has 1 aromatic carbocycles. The van der Waals surface area contributed by atoms with E-state index in [-0.39, 0.29) is 6.10 Å². The second kappa shape index (κ2) is 7.57. The maximum atomic E-state index is 5.99. The van der Waals surface area contributed by atoms with Gasteiger partial charge in [0.25, 0.3) is 0 Å². The molecule has 0 spiro atoms. The average Bonchev–Trinajstić information content (AvgIpc) is 2.58.